The molecule has 0 aliphatic heterocycles. The summed E-state index contributed by atoms with van der Waals surface area (Å²) in [6.07, 6.45) is 1.45. The Morgan fingerprint density at radius 3 is 2.85 bits per heavy atom. The third-order valence-electron chi connectivity index (χ3n) is 2.04. The van der Waals surface area contributed by atoms with Gasteiger partial charge < -0.3 is 14.5 Å². The summed E-state index contributed by atoms with van der Waals surface area (Å²) in [6.45, 7) is 4.60. The number of rotatable bonds is 4. The van der Waals surface area contributed by atoms with Crippen molar-refractivity contribution in [3.8, 4) is 0 Å². The van der Waals surface area contributed by atoms with E-state index in [0.717, 1.165) is 11.5 Å². The van der Waals surface area contributed by atoms with Crippen LogP contribution < -0.4 is 5.32 Å². The van der Waals surface area contributed by atoms with Gasteiger partial charge >= 0.3 is 0 Å². The van der Waals surface area contributed by atoms with E-state index in [9.17, 15) is 0 Å². The number of nitrogens with one attached hydrogen (secondary N) is 1. The van der Waals surface area contributed by atoms with Gasteiger partial charge in [-0.1, -0.05) is 0 Å². The second-order valence-electron chi connectivity index (χ2n) is 3.37. The minimum absolute atomic E-state index is 0.414. The Labute approximate surface area is 78.3 Å². The fraction of sp³-hybridized carbons (Fsp3) is 0.667. The molecule has 0 aliphatic rings. The van der Waals surface area contributed by atoms with Crippen LogP contribution in [0.1, 0.15) is 25.3 Å². The van der Waals surface area contributed by atoms with Gasteiger partial charge in [0.15, 0.2) is 12.2 Å². The van der Waals surface area contributed by atoms with Gasteiger partial charge in [0.25, 0.3) is 0 Å². The van der Waals surface area contributed by atoms with Crippen molar-refractivity contribution in [3.63, 3.8) is 0 Å². The molecule has 0 saturated heterocycles. The van der Waals surface area contributed by atoms with E-state index in [2.05, 4.69) is 10.3 Å². The molecule has 0 aliphatic carbocycles. The highest BCUT2D eigenvalue weighted by Crippen LogP contribution is 2.26. The maximum absolute atomic E-state index is 5.31. The van der Waals surface area contributed by atoms with Gasteiger partial charge in [0.1, 0.15) is 5.60 Å². The quantitative estimate of drug-likeness (QED) is 0.765. The average Bonchev–Trinajstić information content (AvgIpc) is 2.54. The zero-order valence-corrected chi connectivity index (χ0v) is 8.55. The van der Waals surface area contributed by atoms with Gasteiger partial charge in [-0.05, 0) is 20.9 Å². The van der Waals surface area contributed by atoms with Crippen LogP contribution in [0.2, 0.25) is 0 Å². The first-order valence-electron chi connectivity index (χ1n) is 4.24. The first kappa shape index (κ1) is 10.2. The van der Waals surface area contributed by atoms with Crippen LogP contribution in [0.5, 0.6) is 0 Å². The van der Waals surface area contributed by atoms with E-state index >= 15 is 0 Å². The molecule has 1 N–H and O–H groups in total. The molecule has 0 amide bonds. The minimum atomic E-state index is -0.414. The van der Waals surface area contributed by atoms with E-state index in [1.165, 1.54) is 6.39 Å². The third-order valence-corrected chi connectivity index (χ3v) is 2.04. The Bertz CT molecular complexity index is 268. The lowest BCUT2D eigenvalue weighted by molar-refractivity contribution is -0.0000719. The van der Waals surface area contributed by atoms with E-state index in [4.69, 9.17) is 9.15 Å². The van der Waals surface area contributed by atoms with Gasteiger partial charge in [-0.25, -0.2) is 4.98 Å². The van der Waals surface area contributed by atoms with Crippen LogP contribution in [0.3, 0.4) is 0 Å². The van der Waals surface area contributed by atoms with Crippen LogP contribution in [0.25, 0.3) is 0 Å². The normalized spacial score (nSPS) is 12.0. The van der Waals surface area contributed by atoms with E-state index in [0.29, 0.717) is 6.54 Å². The van der Waals surface area contributed by atoms with Gasteiger partial charge in [0.05, 0.1) is 5.69 Å². The largest absolute Gasteiger partial charge is 0.445 e. The van der Waals surface area contributed by atoms with Crippen LogP contribution in [-0.2, 0) is 16.9 Å². The summed E-state index contributed by atoms with van der Waals surface area (Å²) in [6, 6.07) is 0. The van der Waals surface area contributed by atoms with Crippen LogP contribution in [-0.4, -0.2) is 19.1 Å². The summed E-state index contributed by atoms with van der Waals surface area (Å²) in [7, 11) is 3.53. The van der Waals surface area contributed by atoms with Gasteiger partial charge in [0, 0.05) is 13.7 Å². The molecule has 0 atom stereocenters. The molecule has 1 heterocycles. The molecule has 0 aromatic carbocycles. The van der Waals surface area contributed by atoms with Gasteiger partial charge in [0.2, 0.25) is 0 Å². The number of methoxy groups -OCH3 is 1. The smallest absolute Gasteiger partial charge is 0.181 e. The van der Waals surface area contributed by atoms with E-state index < -0.39 is 5.60 Å². The summed E-state index contributed by atoms with van der Waals surface area (Å²) >= 11 is 0. The predicted molar refractivity (Wildman–Crippen MR) is 49.3 cm³/mol. The zero-order chi connectivity index (χ0) is 9.90. The van der Waals surface area contributed by atoms with E-state index in [1.807, 2.05) is 20.9 Å². The SMILES string of the molecule is CNCc1ncoc1C(C)(C)OC. The molecule has 0 saturated carbocycles. The van der Waals surface area contributed by atoms with Crippen molar-refractivity contribution in [2.45, 2.75) is 26.0 Å². The van der Waals surface area contributed by atoms with Crippen molar-refractivity contribution in [2.24, 2.45) is 0 Å². The first-order valence-corrected chi connectivity index (χ1v) is 4.24. The van der Waals surface area contributed by atoms with Crippen molar-refractivity contribution in [1.82, 2.24) is 10.3 Å². The lowest BCUT2D eigenvalue weighted by Crippen LogP contribution is -2.22. The highest BCUT2D eigenvalue weighted by Gasteiger charge is 2.27. The van der Waals surface area contributed by atoms with Crippen molar-refractivity contribution in [1.29, 1.82) is 0 Å². The maximum Gasteiger partial charge on any atom is 0.181 e. The van der Waals surface area contributed by atoms with Crippen molar-refractivity contribution >= 4 is 0 Å². The van der Waals surface area contributed by atoms with Crippen molar-refractivity contribution < 1.29 is 9.15 Å². The lowest BCUT2D eigenvalue weighted by atomic mass is 10.0. The van der Waals surface area contributed by atoms with Crippen LogP contribution in [0.15, 0.2) is 10.8 Å². The predicted octanol–water partition coefficient (Wildman–Crippen LogP) is 1.28. The monoisotopic (exact) mass is 184 g/mol. The number of nitrogens with zero attached hydrogens (tertiary/aromatic N) is 1. The minimum Gasteiger partial charge on any atom is -0.445 e. The van der Waals surface area contributed by atoms with E-state index in [1.54, 1.807) is 7.11 Å². The van der Waals surface area contributed by atoms with Crippen LogP contribution in [0.4, 0.5) is 0 Å². The summed E-state index contributed by atoms with van der Waals surface area (Å²) in [5.41, 5.74) is 0.484. The van der Waals surface area contributed by atoms with Gasteiger partial charge in [-0.15, -0.1) is 0 Å². The van der Waals surface area contributed by atoms with Gasteiger partial charge in [-0.2, -0.15) is 0 Å². The topological polar surface area (TPSA) is 47.3 Å². The Morgan fingerprint density at radius 2 is 2.31 bits per heavy atom. The number of ether oxygens (including phenoxy) is 1. The second-order valence-corrected chi connectivity index (χ2v) is 3.37. The molecule has 74 valence electrons. The Morgan fingerprint density at radius 1 is 1.62 bits per heavy atom. The Balaban J connectivity index is 2.93. The molecule has 4 nitrogen and oxygen atoms in total. The Hall–Kier alpha value is -0.870. The van der Waals surface area contributed by atoms with Crippen LogP contribution in [0, 0.1) is 0 Å². The molecular weight excluding hydrogens is 168 g/mol. The second kappa shape index (κ2) is 3.89. The molecular formula is C9H16N2O2. The van der Waals surface area contributed by atoms with Crippen molar-refractivity contribution in [3.05, 3.63) is 17.8 Å². The molecule has 1 aromatic heterocycles. The number of hydrogen-bond acceptors (Lipinski definition) is 4. The lowest BCUT2D eigenvalue weighted by Gasteiger charge is -2.20. The highest BCUT2D eigenvalue weighted by molar-refractivity contribution is 5.14. The molecule has 0 bridgehead atoms. The molecule has 0 fully saturated rings. The fourth-order valence-corrected chi connectivity index (χ4v) is 1.14. The molecule has 4 heteroatoms. The molecule has 0 unspecified atom stereocenters. The zero-order valence-electron chi connectivity index (χ0n) is 8.55. The van der Waals surface area contributed by atoms with Gasteiger partial charge in [-0.3, -0.25) is 0 Å². The number of oxazole rings is 1. The number of hydrogen-bond donors (Lipinski definition) is 1. The molecule has 1 rings (SSSR count). The summed E-state index contributed by atoms with van der Waals surface area (Å²) in [5, 5.41) is 3.03. The van der Waals surface area contributed by atoms with Crippen LogP contribution >= 0.6 is 0 Å². The molecule has 0 radical (unpaired) electrons. The summed E-state index contributed by atoms with van der Waals surface area (Å²) in [5.74, 6) is 0.782. The molecule has 0 spiro atoms. The number of aromatic nitrogens is 1. The van der Waals surface area contributed by atoms with E-state index in [-0.39, 0.29) is 0 Å². The summed E-state index contributed by atoms with van der Waals surface area (Å²) < 4.78 is 10.6. The first-order chi connectivity index (χ1) is 6.11. The summed E-state index contributed by atoms with van der Waals surface area (Å²) in [4.78, 5) is 4.11. The molecule has 13 heavy (non-hydrogen) atoms. The average molecular weight is 184 g/mol. The van der Waals surface area contributed by atoms with Crippen molar-refractivity contribution in [2.75, 3.05) is 14.2 Å². The standard InChI is InChI=1S/C9H16N2O2/c1-9(2,12-4)8-7(5-10-3)11-6-13-8/h6,10H,5H2,1-4H3. The highest BCUT2D eigenvalue weighted by atomic mass is 16.5. The maximum atomic E-state index is 5.31. The molecule has 1 aromatic rings. The third kappa shape index (κ3) is 2.08. The fourth-order valence-electron chi connectivity index (χ4n) is 1.14. The Kier molecular flexibility index (Phi) is 3.06.